The summed E-state index contributed by atoms with van der Waals surface area (Å²) in [6.45, 7) is 5.67. The van der Waals surface area contributed by atoms with Crippen molar-refractivity contribution in [2.45, 2.75) is 26.7 Å². The molecule has 1 saturated heterocycles. The third-order valence-electron chi connectivity index (χ3n) is 3.11. The Bertz CT molecular complexity index is 864. The second-order valence-corrected chi connectivity index (χ2v) is 9.61. The molecule has 1 fully saturated rings. The maximum absolute atomic E-state index is 4.99. The summed E-state index contributed by atoms with van der Waals surface area (Å²) < 4.78 is 11.1. The Morgan fingerprint density at radius 1 is 0.897 bits per heavy atom. The fourth-order valence-electron chi connectivity index (χ4n) is 1.86. The van der Waals surface area contributed by atoms with Crippen LogP contribution in [0.5, 0.6) is 5.06 Å². The number of hydrogen-bond donors (Lipinski definition) is 0. The number of thiophene rings is 3. The summed E-state index contributed by atoms with van der Waals surface area (Å²) in [6, 6.07) is 11.9. The zero-order chi connectivity index (χ0) is 21.2. The molecule has 0 N–H and O–H groups in total. The predicted octanol–water partition coefficient (Wildman–Crippen LogP) is 7.56. The van der Waals surface area contributed by atoms with Crippen LogP contribution in [0.2, 0.25) is 0 Å². The fraction of sp³-hybridized carbons (Fsp3) is 0.304. The third-order valence-corrected chi connectivity index (χ3v) is 6.34. The molecule has 1 aliphatic rings. The van der Waals surface area contributed by atoms with Crippen molar-refractivity contribution < 1.29 is 9.47 Å². The average molecular weight is 510 g/mol. The van der Waals surface area contributed by atoms with E-state index in [0.29, 0.717) is 0 Å². The van der Waals surface area contributed by atoms with E-state index in [-0.39, 0.29) is 0 Å². The predicted molar refractivity (Wildman–Crippen MR) is 132 cm³/mol. The summed E-state index contributed by atoms with van der Waals surface area (Å²) in [4.78, 5) is 2.20. The highest BCUT2D eigenvalue weighted by atomic mass is 79.9. The Hall–Kier alpha value is -1.54. The number of methoxy groups -OCH3 is 1. The first-order chi connectivity index (χ1) is 14.2. The lowest BCUT2D eigenvalue weighted by atomic mass is 10.4. The Morgan fingerprint density at radius 2 is 1.55 bits per heavy atom. The van der Waals surface area contributed by atoms with Gasteiger partial charge in [0.25, 0.3) is 0 Å². The van der Waals surface area contributed by atoms with E-state index in [4.69, 9.17) is 9.47 Å². The molecule has 6 heteroatoms. The van der Waals surface area contributed by atoms with Gasteiger partial charge in [-0.3, -0.25) is 0 Å². The SMILES string of the molecule is Brc1cccs1.C1CCOC1.CC#Cc1ccc(OC)s1.CC#Cc1cccs1. The zero-order valence-electron chi connectivity index (χ0n) is 16.9. The van der Waals surface area contributed by atoms with Crippen LogP contribution < -0.4 is 4.74 Å². The van der Waals surface area contributed by atoms with Gasteiger partial charge in [-0.25, -0.2) is 0 Å². The van der Waals surface area contributed by atoms with Gasteiger partial charge in [0.2, 0.25) is 0 Å². The second kappa shape index (κ2) is 17.3. The highest BCUT2D eigenvalue weighted by molar-refractivity contribution is 9.11. The smallest absolute Gasteiger partial charge is 0.174 e. The first-order valence-corrected chi connectivity index (χ1v) is 12.4. The summed E-state index contributed by atoms with van der Waals surface area (Å²) in [5.41, 5.74) is 0. The Labute approximate surface area is 195 Å². The van der Waals surface area contributed by atoms with Crippen molar-refractivity contribution in [3.05, 3.63) is 60.7 Å². The highest BCUT2D eigenvalue weighted by Gasteiger charge is 1.95. The molecule has 3 aromatic rings. The Balaban J connectivity index is 0.000000200. The van der Waals surface area contributed by atoms with Crippen molar-refractivity contribution in [2.24, 2.45) is 0 Å². The van der Waals surface area contributed by atoms with Gasteiger partial charge in [0, 0.05) is 13.2 Å². The molecule has 4 heterocycles. The molecule has 3 aromatic heterocycles. The average Bonchev–Trinajstić information content (AvgIpc) is 3.52. The van der Waals surface area contributed by atoms with E-state index in [2.05, 4.69) is 39.6 Å². The summed E-state index contributed by atoms with van der Waals surface area (Å²) in [6.07, 6.45) is 2.56. The van der Waals surface area contributed by atoms with Crippen LogP contribution in [-0.2, 0) is 4.74 Å². The highest BCUT2D eigenvalue weighted by Crippen LogP contribution is 2.22. The van der Waals surface area contributed by atoms with Gasteiger partial charge in [0.05, 0.1) is 20.7 Å². The van der Waals surface area contributed by atoms with Gasteiger partial charge in [0.15, 0.2) is 5.06 Å². The molecule has 0 saturated carbocycles. The van der Waals surface area contributed by atoms with Crippen LogP contribution in [0.15, 0.2) is 50.9 Å². The van der Waals surface area contributed by atoms with Gasteiger partial charge in [0.1, 0.15) is 0 Å². The first kappa shape index (κ1) is 25.5. The molecule has 0 aliphatic carbocycles. The monoisotopic (exact) mass is 508 g/mol. The van der Waals surface area contributed by atoms with Crippen molar-refractivity contribution in [1.82, 2.24) is 0 Å². The molecule has 0 amide bonds. The van der Waals surface area contributed by atoms with Crippen molar-refractivity contribution in [3.8, 4) is 28.7 Å². The van der Waals surface area contributed by atoms with E-state index in [9.17, 15) is 0 Å². The Kier molecular flexibility index (Phi) is 15.2. The van der Waals surface area contributed by atoms with Crippen molar-refractivity contribution in [3.63, 3.8) is 0 Å². The fourth-order valence-corrected chi connectivity index (χ4v) is 4.13. The number of ether oxygens (including phenoxy) is 2. The molecule has 0 unspecified atom stereocenters. The number of halogens is 1. The van der Waals surface area contributed by atoms with E-state index in [1.54, 1.807) is 41.1 Å². The Morgan fingerprint density at radius 3 is 1.93 bits per heavy atom. The molecule has 4 rings (SSSR count). The van der Waals surface area contributed by atoms with Crippen LogP contribution in [0.25, 0.3) is 0 Å². The molecule has 0 bridgehead atoms. The van der Waals surface area contributed by atoms with Crippen molar-refractivity contribution in [2.75, 3.05) is 20.3 Å². The first-order valence-electron chi connectivity index (χ1n) is 8.99. The van der Waals surface area contributed by atoms with Crippen LogP contribution in [0, 0.1) is 23.7 Å². The molecule has 2 nitrogen and oxygen atoms in total. The molecule has 29 heavy (non-hydrogen) atoms. The number of rotatable bonds is 1. The van der Waals surface area contributed by atoms with E-state index < -0.39 is 0 Å². The van der Waals surface area contributed by atoms with Crippen LogP contribution in [0.3, 0.4) is 0 Å². The van der Waals surface area contributed by atoms with Gasteiger partial charge < -0.3 is 9.47 Å². The van der Waals surface area contributed by atoms with Gasteiger partial charge in [-0.05, 0) is 77.6 Å². The van der Waals surface area contributed by atoms with E-state index >= 15 is 0 Å². The largest absolute Gasteiger partial charge is 0.487 e. The molecule has 0 radical (unpaired) electrons. The summed E-state index contributed by atoms with van der Waals surface area (Å²) in [5.74, 6) is 11.6. The topological polar surface area (TPSA) is 18.5 Å². The molecule has 154 valence electrons. The van der Waals surface area contributed by atoms with Crippen LogP contribution in [0.4, 0.5) is 0 Å². The van der Waals surface area contributed by atoms with Crippen LogP contribution in [-0.4, -0.2) is 20.3 Å². The van der Waals surface area contributed by atoms with Crippen LogP contribution >= 0.6 is 49.9 Å². The lowest BCUT2D eigenvalue weighted by Crippen LogP contribution is -1.74. The maximum Gasteiger partial charge on any atom is 0.174 e. The standard InChI is InChI=1S/C8H8OS.C7H6S.C4H3BrS.C4H8O/c1-3-4-7-5-6-8(9-2)10-7;1-2-4-7-5-3-6-8-7;5-4-2-1-3-6-4;1-2-4-5-3-1/h5-6H,1-2H3;3,5-6H,1H3;1-3H;1-4H2. The minimum absolute atomic E-state index is 0.915. The third kappa shape index (κ3) is 13.3. The lowest BCUT2D eigenvalue weighted by Gasteiger charge is -1.87. The normalized spacial score (nSPS) is 10.9. The molecular formula is C23H25BrO2S3. The van der Waals surface area contributed by atoms with E-state index in [1.165, 1.54) is 16.6 Å². The summed E-state index contributed by atoms with van der Waals surface area (Å²) >= 11 is 8.23. The van der Waals surface area contributed by atoms with E-state index in [1.807, 2.05) is 61.0 Å². The van der Waals surface area contributed by atoms with Crippen molar-refractivity contribution in [1.29, 1.82) is 0 Å². The lowest BCUT2D eigenvalue weighted by molar-refractivity contribution is 0.198. The number of hydrogen-bond acceptors (Lipinski definition) is 5. The molecule has 0 atom stereocenters. The molecule has 0 aromatic carbocycles. The maximum atomic E-state index is 4.99. The van der Waals surface area contributed by atoms with Crippen molar-refractivity contribution >= 4 is 49.9 Å². The molecule has 1 aliphatic heterocycles. The summed E-state index contributed by atoms with van der Waals surface area (Å²) in [7, 11) is 1.66. The quantitative estimate of drug-likeness (QED) is 0.315. The molecular weight excluding hydrogens is 484 g/mol. The zero-order valence-corrected chi connectivity index (χ0v) is 20.9. The van der Waals surface area contributed by atoms with Gasteiger partial charge in [-0.2, -0.15) is 0 Å². The van der Waals surface area contributed by atoms with E-state index in [0.717, 1.165) is 28.0 Å². The van der Waals surface area contributed by atoms with Gasteiger partial charge in [-0.1, -0.05) is 35.3 Å². The minimum Gasteiger partial charge on any atom is -0.487 e. The summed E-state index contributed by atoms with van der Waals surface area (Å²) in [5, 5.41) is 4.97. The van der Waals surface area contributed by atoms with Gasteiger partial charge in [-0.15, -0.1) is 34.5 Å². The second-order valence-electron chi connectivity index (χ2n) is 5.29. The molecule has 0 spiro atoms. The minimum atomic E-state index is 0.915. The van der Waals surface area contributed by atoms with Crippen LogP contribution in [0.1, 0.15) is 36.4 Å². The van der Waals surface area contributed by atoms with Gasteiger partial charge >= 0.3 is 0 Å².